The van der Waals surface area contributed by atoms with Crippen LogP contribution in [0.25, 0.3) is 0 Å². The molecule has 0 aliphatic carbocycles. The number of aryl methyl sites for hydroxylation is 1. The number of benzene rings is 1. The van der Waals surface area contributed by atoms with Crippen molar-refractivity contribution in [3.05, 3.63) is 29.8 Å². The molecule has 0 heterocycles. The highest BCUT2D eigenvalue weighted by Crippen LogP contribution is 2.29. The zero-order chi connectivity index (χ0) is 8.27. The van der Waals surface area contributed by atoms with Crippen molar-refractivity contribution in [1.29, 1.82) is 0 Å². The van der Waals surface area contributed by atoms with Crippen LogP contribution in [0.3, 0.4) is 0 Å². The maximum absolute atomic E-state index is 6.02. The van der Waals surface area contributed by atoms with Crippen LogP contribution in [0.4, 0.5) is 0 Å². The van der Waals surface area contributed by atoms with E-state index in [1.54, 1.807) is 0 Å². The van der Waals surface area contributed by atoms with E-state index in [-0.39, 0.29) is 9.70 Å². The van der Waals surface area contributed by atoms with Gasteiger partial charge in [0.25, 0.3) is 0 Å². The number of hydrogen-bond donors (Lipinski definition) is 0. The molecule has 0 N–H and O–H groups in total. The van der Waals surface area contributed by atoms with Crippen molar-refractivity contribution < 1.29 is 0 Å². The molecule has 0 radical (unpaired) electrons. The molecule has 60 valence electrons. The molecule has 0 saturated heterocycles. The van der Waals surface area contributed by atoms with E-state index in [0.717, 1.165) is 0 Å². The lowest BCUT2D eigenvalue weighted by Gasteiger charge is -1.99. The molecule has 1 rings (SSSR count). The van der Waals surface area contributed by atoms with E-state index in [0.29, 0.717) is 0 Å². The van der Waals surface area contributed by atoms with Gasteiger partial charge in [0.05, 0.1) is 0 Å². The summed E-state index contributed by atoms with van der Waals surface area (Å²) in [5.74, 6) is 0. The van der Waals surface area contributed by atoms with Gasteiger partial charge in [0, 0.05) is 4.90 Å². The van der Waals surface area contributed by atoms with Gasteiger partial charge < -0.3 is 0 Å². The van der Waals surface area contributed by atoms with Crippen molar-refractivity contribution in [2.75, 3.05) is 0 Å². The van der Waals surface area contributed by atoms with E-state index in [9.17, 15) is 0 Å². The summed E-state index contributed by atoms with van der Waals surface area (Å²) in [4.78, 5) is 1.19. The standard InChI is InChI=1S/C9H11ClS/c1-3-11(10)9-6-4-8(2)5-7-9/h3-7H,1-2H3. The molecule has 11 heavy (non-hydrogen) atoms. The van der Waals surface area contributed by atoms with Gasteiger partial charge >= 0.3 is 0 Å². The van der Waals surface area contributed by atoms with Gasteiger partial charge in [0.2, 0.25) is 0 Å². The van der Waals surface area contributed by atoms with Gasteiger partial charge in [-0.3, -0.25) is 0 Å². The van der Waals surface area contributed by atoms with Crippen molar-refractivity contribution in [2.45, 2.75) is 18.7 Å². The van der Waals surface area contributed by atoms with Crippen LogP contribution in [-0.4, -0.2) is 5.37 Å². The van der Waals surface area contributed by atoms with Crippen molar-refractivity contribution in [3.63, 3.8) is 0 Å². The minimum absolute atomic E-state index is 0.201. The zero-order valence-electron chi connectivity index (χ0n) is 6.67. The van der Waals surface area contributed by atoms with Crippen LogP contribution < -0.4 is 0 Å². The normalized spacial score (nSPS) is 13.4. The van der Waals surface area contributed by atoms with Gasteiger partial charge in [-0.15, -0.1) is 0 Å². The molecule has 0 bridgehead atoms. The first-order valence-electron chi connectivity index (χ1n) is 3.49. The van der Waals surface area contributed by atoms with Gasteiger partial charge in [0.15, 0.2) is 0 Å². The smallest absolute Gasteiger partial charge is 0.0161 e. The third-order valence-electron chi connectivity index (χ3n) is 1.45. The molecule has 2 heteroatoms. The average molecular weight is 187 g/mol. The Kier molecular flexibility index (Phi) is 3.16. The third-order valence-corrected chi connectivity index (χ3v) is 3.66. The maximum Gasteiger partial charge on any atom is 0.0161 e. The monoisotopic (exact) mass is 186 g/mol. The van der Waals surface area contributed by atoms with Crippen LogP contribution in [0.1, 0.15) is 12.5 Å². The summed E-state index contributed by atoms with van der Waals surface area (Å²) in [6.45, 7) is 4.06. The second-order valence-electron chi connectivity index (χ2n) is 2.33. The molecule has 0 spiro atoms. The molecule has 0 amide bonds. The lowest BCUT2D eigenvalue weighted by molar-refractivity contribution is 1.38. The summed E-state index contributed by atoms with van der Waals surface area (Å²) < 4.78 is 0. The number of rotatable bonds is 1. The van der Waals surface area contributed by atoms with Gasteiger partial charge in [-0.05, 0) is 42.0 Å². The summed E-state index contributed by atoms with van der Waals surface area (Å²) in [6, 6.07) is 8.32. The molecule has 1 unspecified atom stereocenters. The fourth-order valence-corrected chi connectivity index (χ4v) is 1.78. The van der Waals surface area contributed by atoms with Crippen LogP contribution in [0.15, 0.2) is 29.2 Å². The Morgan fingerprint density at radius 2 is 1.82 bits per heavy atom. The summed E-state index contributed by atoms with van der Waals surface area (Å²) in [5, 5.41) is 2.01. The Bertz CT molecular complexity index is 261. The summed E-state index contributed by atoms with van der Waals surface area (Å²) >= 11 is 0. The molecule has 0 aliphatic rings. The van der Waals surface area contributed by atoms with Crippen LogP contribution in [-0.2, 0) is 0 Å². The molecular formula is C9H11ClS. The van der Waals surface area contributed by atoms with Gasteiger partial charge in [-0.25, -0.2) is 0 Å². The molecule has 0 saturated carbocycles. The first kappa shape index (κ1) is 8.82. The molecule has 0 aromatic heterocycles. The third kappa shape index (κ3) is 2.35. The summed E-state index contributed by atoms with van der Waals surface area (Å²) in [7, 11) is 5.81. The minimum atomic E-state index is -0.201. The Morgan fingerprint density at radius 1 is 1.27 bits per heavy atom. The van der Waals surface area contributed by atoms with Crippen LogP contribution in [0.2, 0.25) is 0 Å². The first-order chi connectivity index (χ1) is 5.24. The van der Waals surface area contributed by atoms with Gasteiger partial charge in [-0.2, -0.15) is 0 Å². The predicted molar refractivity (Wildman–Crippen MR) is 54.6 cm³/mol. The lowest BCUT2D eigenvalue weighted by atomic mass is 10.2. The number of hydrogen-bond acceptors (Lipinski definition) is 0. The van der Waals surface area contributed by atoms with Crippen LogP contribution in [0.5, 0.6) is 0 Å². The van der Waals surface area contributed by atoms with Crippen molar-refractivity contribution in [3.8, 4) is 0 Å². The molecule has 1 atom stereocenters. The molecule has 1 aromatic carbocycles. The fourth-order valence-electron chi connectivity index (χ4n) is 0.804. The Morgan fingerprint density at radius 3 is 2.27 bits per heavy atom. The quantitative estimate of drug-likeness (QED) is 0.588. The maximum atomic E-state index is 6.02. The topological polar surface area (TPSA) is 0 Å². The van der Waals surface area contributed by atoms with E-state index in [1.165, 1.54) is 10.5 Å². The van der Waals surface area contributed by atoms with E-state index in [2.05, 4.69) is 31.2 Å². The zero-order valence-corrected chi connectivity index (χ0v) is 8.25. The highest BCUT2D eigenvalue weighted by Gasteiger charge is 1.92. The van der Waals surface area contributed by atoms with Crippen LogP contribution in [0, 0.1) is 6.92 Å². The fraction of sp³-hybridized carbons (Fsp3) is 0.222. The second-order valence-corrected chi connectivity index (χ2v) is 4.84. The molecule has 0 fully saturated rings. The molecular weight excluding hydrogens is 176 g/mol. The lowest BCUT2D eigenvalue weighted by Crippen LogP contribution is -1.72. The average Bonchev–Trinajstić information content (AvgIpc) is 2.05. The Hall–Kier alpha value is -0.270. The Labute approximate surface area is 74.6 Å². The first-order valence-corrected chi connectivity index (χ1v) is 5.61. The molecule has 0 nitrogen and oxygen atoms in total. The summed E-state index contributed by atoms with van der Waals surface area (Å²) in [5.41, 5.74) is 1.28. The van der Waals surface area contributed by atoms with Gasteiger partial charge in [0.1, 0.15) is 0 Å². The molecule has 1 aromatic rings. The van der Waals surface area contributed by atoms with Crippen molar-refractivity contribution in [2.24, 2.45) is 0 Å². The highest BCUT2D eigenvalue weighted by molar-refractivity contribution is 8.34. The van der Waals surface area contributed by atoms with E-state index < -0.39 is 0 Å². The number of halogens is 1. The summed E-state index contributed by atoms with van der Waals surface area (Å²) in [6.07, 6.45) is 0. The van der Waals surface area contributed by atoms with E-state index in [4.69, 9.17) is 10.7 Å². The van der Waals surface area contributed by atoms with Crippen LogP contribution >= 0.6 is 20.4 Å². The largest absolute Gasteiger partial charge is 0.0673 e. The van der Waals surface area contributed by atoms with Crippen molar-refractivity contribution >= 4 is 25.7 Å². The van der Waals surface area contributed by atoms with E-state index >= 15 is 0 Å². The second kappa shape index (κ2) is 3.93. The Balaban J connectivity index is 2.99. The van der Waals surface area contributed by atoms with Gasteiger partial charge in [-0.1, -0.05) is 27.4 Å². The minimum Gasteiger partial charge on any atom is -0.0673 e. The predicted octanol–water partition coefficient (Wildman–Crippen LogP) is 3.60. The van der Waals surface area contributed by atoms with E-state index in [1.807, 2.05) is 12.3 Å². The SMILES string of the molecule is C/C=S(\Cl)c1ccc(C)cc1. The highest BCUT2D eigenvalue weighted by atomic mass is 35.7. The van der Waals surface area contributed by atoms with Crippen molar-refractivity contribution in [1.82, 2.24) is 0 Å². The molecule has 0 aliphatic heterocycles.